The molecule has 6 heteroatoms. The summed E-state index contributed by atoms with van der Waals surface area (Å²) in [7, 11) is 4.18. The van der Waals surface area contributed by atoms with Crippen molar-refractivity contribution >= 4 is 21.6 Å². The number of fused-ring (bicyclic) bond motifs is 3. The van der Waals surface area contributed by atoms with Gasteiger partial charge in [-0.15, -0.1) is 5.10 Å². The highest BCUT2D eigenvalue weighted by Crippen LogP contribution is 2.38. The predicted molar refractivity (Wildman–Crippen MR) is 113 cm³/mol. The van der Waals surface area contributed by atoms with Crippen LogP contribution in [0, 0.1) is 6.92 Å². The molecule has 0 bridgehead atoms. The maximum absolute atomic E-state index is 4.34. The van der Waals surface area contributed by atoms with E-state index in [1.165, 1.54) is 16.7 Å². The molecule has 3 aromatic rings. The van der Waals surface area contributed by atoms with E-state index < -0.39 is 0 Å². The summed E-state index contributed by atoms with van der Waals surface area (Å²) in [6.45, 7) is 3.83. The highest BCUT2D eigenvalue weighted by atomic mass is 79.9. The Morgan fingerprint density at radius 3 is 2.70 bits per heavy atom. The molecular formula is C21H24BrN5. The Labute approximate surface area is 168 Å². The SMILES string of the molecule is Cc1nnn2c1-c1ccc(Br)cc1C(Nc1ccc(CN(C)C)cc1)CC2. The molecule has 27 heavy (non-hydrogen) atoms. The molecule has 4 rings (SSSR count). The molecule has 1 aromatic heterocycles. The van der Waals surface area contributed by atoms with Crippen LogP contribution >= 0.6 is 15.9 Å². The molecule has 0 fully saturated rings. The van der Waals surface area contributed by atoms with Crippen molar-refractivity contribution in [3.8, 4) is 11.3 Å². The number of benzene rings is 2. The average molecular weight is 426 g/mol. The van der Waals surface area contributed by atoms with Gasteiger partial charge in [0.1, 0.15) is 0 Å². The molecule has 1 N–H and O–H groups in total. The first-order valence-corrected chi connectivity index (χ1v) is 10.0. The molecule has 0 radical (unpaired) electrons. The van der Waals surface area contributed by atoms with Crippen LogP contribution in [-0.4, -0.2) is 34.0 Å². The number of rotatable bonds is 4. The van der Waals surface area contributed by atoms with Gasteiger partial charge in [-0.25, -0.2) is 4.68 Å². The largest absolute Gasteiger partial charge is 0.378 e. The van der Waals surface area contributed by atoms with Gasteiger partial charge in [-0.2, -0.15) is 0 Å². The molecule has 0 aliphatic carbocycles. The van der Waals surface area contributed by atoms with Gasteiger partial charge in [0.15, 0.2) is 0 Å². The van der Waals surface area contributed by atoms with Gasteiger partial charge < -0.3 is 10.2 Å². The van der Waals surface area contributed by atoms with Crippen LogP contribution in [0.4, 0.5) is 5.69 Å². The van der Waals surface area contributed by atoms with Gasteiger partial charge in [0.05, 0.1) is 17.4 Å². The number of aromatic nitrogens is 3. The normalized spacial score (nSPS) is 16.0. The Bertz CT molecular complexity index is 946. The van der Waals surface area contributed by atoms with Crippen LogP contribution < -0.4 is 5.32 Å². The minimum Gasteiger partial charge on any atom is -0.378 e. The van der Waals surface area contributed by atoms with Crippen LogP contribution in [0.3, 0.4) is 0 Å². The molecule has 2 aromatic carbocycles. The molecule has 0 amide bonds. The minimum absolute atomic E-state index is 0.221. The third-order valence-corrected chi connectivity index (χ3v) is 5.46. The molecule has 0 saturated carbocycles. The lowest BCUT2D eigenvalue weighted by Gasteiger charge is -2.21. The number of hydrogen-bond acceptors (Lipinski definition) is 4. The van der Waals surface area contributed by atoms with E-state index in [9.17, 15) is 0 Å². The Hall–Kier alpha value is -2.18. The zero-order valence-electron chi connectivity index (χ0n) is 15.9. The second-order valence-corrected chi connectivity index (χ2v) is 8.31. The molecular weight excluding hydrogens is 402 g/mol. The molecule has 0 saturated heterocycles. The van der Waals surface area contributed by atoms with Gasteiger partial charge in [-0.1, -0.05) is 39.3 Å². The third kappa shape index (κ3) is 3.77. The number of nitrogens with zero attached hydrogens (tertiary/aromatic N) is 4. The van der Waals surface area contributed by atoms with Crippen molar-refractivity contribution in [3.63, 3.8) is 0 Å². The summed E-state index contributed by atoms with van der Waals surface area (Å²) in [5.41, 5.74) is 7.06. The summed E-state index contributed by atoms with van der Waals surface area (Å²) in [4.78, 5) is 2.18. The number of aryl methyl sites for hydroxylation is 2. The lowest BCUT2D eigenvalue weighted by Crippen LogP contribution is -2.13. The van der Waals surface area contributed by atoms with Gasteiger partial charge >= 0.3 is 0 Å². The van der Waals surface area contributed by atoms with Crippen molar-refractivity contribution in [2.45, 2.75) is 32.5 Å². The van der Waals surface area contributed by atoms with Gasteiger partial charge in [-0.05, 0) is 62.8 Å². The molecule has 2 heterocycles. The zero-order chi connectivity index (χ0) is 19.0. The fraction of sp³-hybridized carbons (Fsp3) is 0.333. The monoisotopic (exact) mass is 425 g/mol. The van der Waals surface area contributed by atoms with Crippen LogP contribution in [0.1, 0.15) is 29.3 Å². The second-order valence-electron chi connectivity index (χ2n) is 7.40. The first-order valence-electron chi connectivity index (χ1n) is 9.21. The standard InChI is InChI=1S/C21H24BrN5/c1-14-21-18-9-6-16(22)12-19(18)20(10-11-27(21)25-24-14)23-17-7-4-15(5-8-17)13-26(2)3/h4-9,12,20,23H,10-11,13H2,1-3H3. The quantitative estimate of drug-likeness (QED) is 0.661. The van der Waals surface area contributed by atoms with Crippen molar-refractivity contribution in [2.24, 2.45) is 0 Å². The molecule has 1 aliphatic rings. The zero-order valence-corrected chi connectivity index (χ0v) is 17.5. The minimum atomic E-state index is 0.221. The summed E-state index contributed by atoms with van der Waals surface area (Å²) in [5.74, 6) is 0. The molecule has 1 unspecified atom stereocenters. The van der Waals surface area contributed by atoms with Gasteiger partial charge in [0.25, 0.3) is 0 Å². The Morgan fingerprint density at radius 1 is 1.19 bits per heavy atom. The van der Waals surface area contributed by atoms with E-state index in [2.05, 4.69) is 93.0 Å². The molecule has 5 nitrogen and oxygen atoms in total. The van der Waals surface area contributed by atoms with Crippen molar-refractivity contribution in [1.82, 2.24) is 19.9 Å². The van der Waals surface area contributed by atoms with Crippen LogP contribution in [0.25, 0.3) is 11.3 Å². The lowest BCUT2D eigenvalue weighted by atomic mass is 9.96. The summed E-state index contributed by atoms with van der Waals surface area (Å²) in [5, 5.41) is 12.4. The highest BCUT2D eigenvalue weighted by molar-refractivity contribution is 9.10. The maximum atomic E-state index is 4.34. The number of hydrogen-bond donors (Lipinski definition) is 1. The van der Waals surface area contributed by atoms with E-state index in [-0.39, 0.29) is 6.04 Å². The topological polar surface area (TPSA) is 46.0 Å². The average Bonchev–Trinajstić information content (AvgIpc) is 2.92. The fourth-order valence-corrected chi connectivity index (χ4v) is 4.14. The van der Waals surface area contributed by atoms with Crippen LogP contribution in [0.5, 0.6) is 0 Å². The Kier molecular flexibility index (Phi) is 5.02. The smallest absolute Gasteiger partial charge is 0.0918 e. The van der Waals surface area contributed by atoms with Crippen LogP contribution in [0.2, 0.25) is 0 Å². The maximum Gasteiger partial charge on any atom is 0.0918 e. The molecule has 0 spiro atoms. The summed E-state index contributed by atoms with van der Waals surface area (Å²) in [6.07, 6.45) is 0.957. The van der Waals surface area contributed by atoms with Crippen molar-refractivity contribution in [1.29, 1.82) is 0 Å². The van der Waals surface area contributed by atoms with Crippen molar-refractivity contribution in [2.75, 3.05) is 19.4 Å². The summed E-state index contributed by atoms with van der Waals surface area (Å²) >= 11 is 3.64. The third-order valence-electron chi connectivity index (χ3n) is 4.97. The van der Waals surface area contributed by atoms with Gasteiger partial charge in [0, 0.05) is 28.8 Å². The van der Waals surface area contributed by atoms with Gasteiger partial charge in [-0.3, -0.25) is 0 Å². The highest BCUT2D eigenvalue weighted by Gasteiger charge is 2.25. The van der Waals surface area contributed by atoms with Crippen molar-refractivity contribution < 1.29 is 0 Å². The molecule has 140 valence electrons. The Balaban J connectivity index is 1.66. The van der Waals surface area contributed by atoms with E-state index in [1.54, 1.807) is 0 Å². The second kappa shape index (κ2) is 7.44. The Morgan fingerprint density at radius 2 is 1.96 bits per heavy atom. The summed E-state index contributed by atoms with van der Waals surface area (Å²) in [6, 6.07) is 15.4. The predicted octanol–water partition coefficient (Wildman–Crippen LogP) is 4.63. The van der Waals surface area contributed by atoms with E-state index in [0.29, 0.717) is 0 Å². The number of anilines is 1. The van der Waals surface area contributed by atoms with E-state index in [1.807, 2.05) is 11.6 Å². The van der Waals surface area contributed by atoms with Gasteiger partial charge in [0.2, 0.25) is 0 Å². The molecule has 1 aliphatic heterocycles. The van der Waals surface area contributed by atoms with E-state index in [0.717, 1.165) is 41.1 Å². The number of halogens is 1. The van der Waals surface area contributed by atoms with E-state index in [4.69, 9.17) is 0 Å². The van der Waals surface area contributed by atoms with Crippen molar-refractivity contribution in [3.05, 3.63) is 63.8 Å². The number of nitrogens with one attached hydrogen (secondary N) is 1. The summed E-state index contributed by atoms with van der Waals surface area (Å²) < 4.78 is 3.12. The van der Waals surface area contributed by atoms with E-state index >= 15 is 0 Å². The molecule has 1 atom stereocenters. The van der Waals surface area contributed by atoms with Crippen LogP contribution in [-0.2, 0) is 13.1 Å². The fourth-order valence-electron chi connectivity index (χ4n) is 3.76. The first kappa shape index (κ1) is 18.2. The van der Waals surface area contributed by atoms with Crippen LogP contribution in [0.15, 0.2) is 46.9 Å². The lowest BCUT2D eigenvalue weighted by molar-refractivity contribution is 0.402. The first-order chi connectivity index (χ1) is 13.0.